The molecule has 1 aliphatic carbocycles. The highest BCUT2D eigenvalue weighted by Gasteiger charge is 2.24. The van der Waals surface area contributed by atoms with E-state index in [2.05, 4.69) is 5.32 Å². The average Bonchev–Trinajstić information content (AvgIpc) is 2.39. The summed E-state index contributed by atoms with van der Waals surface area (Å²) in [5.74, 6) is 1.01. The van der Waals surface area contributed by atoms with E-state index in [-0.39, 0.29) is 12.5 Å². The topological polar surface area (TPSA) is 73.6 Å². The van der Waals surface area contributed by atoms with E-state index >= 15 is 0 Å². The molecule has 18 heavy (non-hydrogen) atoms. The van der Waals surface area contributed by atoms with Crippen molar-refractivity contribution in [2.45, 2.75) is 25.7 Å². The van der Waals surface area contributed by atoms with Crippen LogP contribution < -0.4 is 11.1 Å². The molecule has 0 aromatic rings. The number of amides is 1. The van der Waals surface area contributed by atoms with Crippen LogP contribution in [-0.2, 0) is 14.3 Å². The Bertz CT molecular complexity index is 236. The number of hydrogen-bond donors (Lipinski definition) is 2. The molecule has 2 atom stereocenters. The quantitative estimate of drug-likeness (QED) is 0.623. The molecule has 3 N–H and O–H groups in total. The minimum absolute atomic E-state index is 0.0767. The molecule has 5 nitrogen and oxygen atoms in total. The van der Waals surface area contributed by atoms with Gasteiger partial charge in [0, 0.05) is 13.7 Å². The maximum atomic E-state index is 11.4. The molecule has 0 spiro atoms. The van der Waals surface area contributed by atoms with E-state index in [0.717, 1.165) is 6.54 Å². The Morgan fingerprint density at radius 3 is 2.72 bits per heavy atom. The minimum Gasteiger partial charge on any atom is -0.383 e. The van der Waals surface area contributed by atoms with Crippen molar-refractivity contribution in [3.8, 4) is 0 Å². The molecule has 0 aromatic heterocycles. The molecule has 0 radical (unpaired) electrons. The van der Waals surface area contributed by atoms with Crippen molar-refractivity contribution in [3.63, 3.8) is 0 Å². The molecule has 0 heterocycles. The van der Waals surface area contributed by atoms with Crippen molar-refractivity contribution in [2.24, 2.45) is 17.6 Å². The summed E-state index contributed by atoms with van der Waals surface area (Å²) >= 11 is 0. The lowest BCUT2D eigenvalue weighted by atomic mass is 9.80. The highest BCUT2D eigenvalue weighted by Crippen LogP contribution is 2.29. The van der Waals surface area contributed by atoms with Gasteiger partial charge in [0.2, 0.25) is 5.91 Å². The third-order valence-corrected chi connectivity index (χ3v) is 3.56. The van der Waals surface area contributed by atoms with Gasteiger partial charge in [-0.1, -0.05) is 12.8 Å². The normalized spacial score (nSPS) is 23.9. The SMILES string of the molecule is COCCNC(=O)COCC1CCCCC1CN. The first-order valence-corrected chi connectivity index (χ1v) is 6.81. The van der Waals surface area contributed by atoms with Crippen molar-refractivity contribution < 1.29 is 14.3 Å². The Morgan fingerprint density at radius 2 is 2.06 bits per heavy atom. The Kier molecular flexibility index (Phi) is 7.96. The zero-order chi connectivity index (χ0) is 13.2. The van der Waals surface area contributed by atoms with Crippen LogP contribution in [0.25, 0.3) is 0 Å². The largest absolute Gasteiger partial charge is 0.383 e. The predicted molar refractivity (Wildman–Crippen MR) is 70.2 cm³/mol. The second-order valence-corrected chi connectivity index (χ2v) is 4.90. The van der Waals surface area contributed by atoms with E-state index in [4.69, 9.17) is 15.2 Å². The van der Waals surface area contributed by atoms with Crippen LogP contribution in [0, 0.1) is 11.8 Å². The number of carbonyl (C=O) groups is 1. The molecule has 0 bridgehead atoms. The van der Waals surface area contributed by atoms with E-state index in [1.54, 1.807) is 7.11 Å². The van der Waals surface area contributed by atoms with E-state index in [1.165, 1.54) is 25.7 Å². The van der Waals surface area contributed by atoms with Gasteiger partial charge in [0.25, 0.3) is 0 Å². The fraction of sp³-hybridized carbons (Fsp3) is 0.923. The number of carbonyl (C=O) groups excluding carboxylic acids is 1. The van der Waals surface area contributed by atoms with Crippen LogP contribution in [0.2, 0.25) is 0 Å². The summed E-state index contributed by atoms with van der Waals surface area (Å²) in [6.45, 7) is 2.59. The maximum absolute atomic E-state index is 11.4. The van der Waals surface area contributed by atoms with Crippen LogP contribution in [-0.4, -0.2) is 45.9 Å². The third-order valence-electron chi connectivity index (χ3n) is 3.56. The fourth-order valence-electron chi connectivity index (χ4n) is 2.46. The van der Waals surface area contributed by atoms with E-state index in [9.17, 15) is 4.79 Å². The Morgan fingerprint density at radius 1 is 1.33 bits per heavy atom. The zero-order valence-corrected chi connectivity index (χ0v) is 11.3. The molecule has 1 amide bonds. The van der Waals surface area contributed by atoms with Gasteiger partial charge in [0.15, 0.2) is 0 Å². The van der Waals surface area contributed by atoms with Gasteiger partial charge in [-0.15, -0.1) is 0 Å². The monoisotopic (exact) mass is 258 g/mol. The van der Waals surface area contributed by atoms with E-state index < -0.39 is 0 Å². The highest BCUT2D eigenvalue weighted by molar-refractivity contribution is 5.77. The number of hydrogen-bond acceptors (Lipinski definition) is 4. The molecule has 106 valence electrons. The average molecular weight is 258 g/mol. The zero-order valence-electron chi connectivity index (χ0n) is 11.3. The first-order valence-electron chi connectivity index (χ1n) is 6.81. The number of nitrogens with one attached hydrogen (secondary N) is 1. The number of rotatable bonds is 8. The van der Waals surface area contributed by atoms with Gasteiger partial charge >= 0.3 is 0 Å². The standard InChI is InChI=1S/C13H26N2O3/c1-17-7-6-15-13(16)10-18-9-12-5-3-2-4-11(12)8-14/h11-12H,2-10,14H2,1H3,(H,15,16). The molecular weight excluding hydrogens is 232 g/mol. The summed E-state index contributed by atoms with van der Waals surface area (Å²) in [4.78, 5) is 11.4. The smallest absolute Gasteiger partial charge is 0.246 e. The molecule has 1 fully saturated rings. The second kappa shape index (κ2) is 9.30. The van der Waals surface area contributed by atoms with Gasteiger partial charge in [-0.05, 0) is 31.2 Å². The Balaban J connectivity index is 2.10. The summed E-state index contributed by atoms with van der Waals surface area (Å²) in [7, 11) is 1.61. The first-order chi connectivity index (χ1) is 8.77. The highest BCUT2D eigenvalue weighted by atomic mass is 16.5. The molecule has 0 aromatic carbocycles. The molecule has 1 rings (SSSR count). The summed E-state index contributed by atoms with van der Waals surface area (Å²) < 4.78 is 10.3. The molecule has 5 heteroatoms. The van der Waals surface area contributed by atoms with E-state index in [1.807, 2.05) is 0 Å². The second-order valence-electron chi connectivity index (χ2n) is 4.90. The van der Waals surface area contributed by atoms with Crippen molar-refractivity contribution in [1.82, 2.24) is 5.32 Å². The van der Waals surface area contributed by atoms with Gasteiger partial charge in [0.1, 0.15) is 6.61 Å². The molecule has 1 saturated carbocycles. The van der Waals surface area contributed by atoms with Crippen molar-refractivity contribution in [1.29, 1.82) is 0 Å². The minimum atomic E-state index is -0.0767. The molecule has 0 saturated heterocycles. The van der Waals surface area contributed by atoms with Crippen molar-refractivity contribution >= 4 is 5.91 Å². The van der Waals surface area contributed by atoms with Crippen LogP contribution in [0.5, 0.6) is 0 Å². The molecular formula is C13H26N2O3. The van der Waals surface area contributed by atoms with Gasteiger partial charge in [0.05, 0.1) is 13.2 Å². The number of nitrogens with two attached hydrogens (primary N) is 1. The Labute approximate surface area is 109 Å². The number of methoxy groups -OCH3 is 1. The van der Waals surface area contributed by atoms with E-state index in [0.29, 0.717) is 31.6 Å². The van der Waals surface area contributed by atoms with Crippen LogP contribution >= 0.6 is 0 Å². The van der Waals surface area contributed by atoms with Crippen molar-refractivity contribution in [2.75, 3.05) is 40.0 Å². The summed E-state index contributed by atoms with van der Waals surface area (Å²) in [6.07, 6.45) is 4.90. The summed E-state index contributed by atoms with van der Waals surface area (Å²) in [5, 5.41) is 2.73. The van der Waals surface area contributed by atoms with Crippen LogP contribution in [0.4, 0.5) is 0 Å². The maximum Gasteiger partial charge on any atom is 0.246 e. The van der Waals surface area contributed by atoms with Gasteiger partial charge in [-0.3, -0.25) is 4.79 Å². The van der Waals surface area contributed by atoms with Crippen molar-refractivity contribution in [3.05, 3.63) is 0 Å². The van der Waals surface area contributed by atoms with Crippen LogP contribution in [0.15, 0.2) is 0 Å². The number of ether oxygens (including phenoxy) is 2. The van der Waals surface area contributed by atoms with Crippen LogP contribution in [0.1, 0.15) is 25.7 Å². The van der Waals surface area contributed by atoms with Gasteiger partial charge in [-0.2, -0.15) is 0 Å². The molecule has 0 aliphatic heterocycles. The molecule has 1 aliphatic rings. The Hall–Kier alpha value is -0.650. The van der Waals surface area contributed by atoms with Gasteiger partial charge < -0.3 is 20.5 Å². The van der Waals surface area contributed by atoms with Crippen LogP contribution in [0.3, 0.4) is 0 Å². The fourth-order valence-corrected chi connectivity index (χ4v) is 2.46. The lowest BCUT2D eigenvalue weighted by Crippen LogP contribution is -2.33. The summed E-state index contributed by atoms with van der Waals surface area (Å²) in [5.41, 5.74) is 5.76. The van der Waals surface area contributed by atoms with Gasteiger partial charge in [-0.25, -0.2) is 0 Å². The lowest BCUT2D eigenvalue weighted by Gasteiger charge is -2.30. The lowest BCUT2D eigenvalue weighted by molar-refractivity contribution is -0.126. The first kappa shape index (κ1) is 15.4. The third kappa shape index (κ3) is 5.80. The molecule has 2 unspecified atom stereocenters. The predicted octanol–water partition coefficient (Wildman–Crippen LogP) is 0.531. The summed E-state index contributed by atoms with van der Waals surface area (Å²) in [6, 6.07) is 0.